The Bertz CT molecular complexity index is 958. The summed E-state index contributed by atoms with van der Waals surface area (Å²) >= 11 is 0. The summed E-state index contributed by atoms with van der Waals surface area (Å²) in [5.74, 6) is 2.28. The Morgan fingerprint density at radius 3 is 2.36 bits per heavy atom. The van der Waals surface area contributed by atoms with Crippen molar-refractivity contribution < 1.29 is 14.3 Å². The molecule has 0 aliphatic carbocycles. The van der Waals surface area contributed by atoms with Crippen LogP contribution < -0.4 is 15.4 Å². The first-order valence-electron chi connectivity index (χ1n) is 8.89. The normalized spacial score (nSPS) is 10.2. The van der Waals surface area contributed by atoms with Gasteiger partial charge in [-0.1, -0.05) is 12.1 Å². The molecule has 0 unspecified atom stereocenters. The van der Waals surface area contributed by atoms with E-state index in [-0.39, 0.29) is 5.97 Å². The second-order valence-corrected chi connectivity index (χ2v) is 5.93. The van der Waals surface area contributed by atoms with Gasteiger partial charge in [0.1, 0.15) is 23.2 Å². The number of aryl methyl sites for hydroxylation is 1. The lowest BCUT2D eigenvalue weighted by atomic mass is 10.2. The van der Waals surface area contributed by atoms with Crippen molar-refractivity contribution in [3.63, 3.8) is 0 Å². The number of nitrogens with one attached hydrogen (secondary N) is 2. The molecule has 3 aromatic rings. The van der Waals surface area contributed by atoms with E-state index in [1.54, 1.807) is 44.4 Å². The predicted molar refractivity (Wildman–Crippen MR) is 109 cm³/mol. The van der Waals surface area contributed by atoms with Crippen LogP contribution in [0.15, 0.2) is 54.6 Å². The standard InChI is InChI=1S/C21H22N4O3/c1-4-28-21(26)15-9-11-16(12-10-15)24-19-13-20(23-14(2)22-19)25-17-7-5-6-8-18(17)27-3/h5-13H,4H2,1-3H3,(H2,22,23,24,25). The van der Waals surface area contributed by atoms with Gasteiger partial charge in [-0.05, 0) is 50.2 Å². The number of rotatable bonds is 7. The van der Waals surface area contributed by atoms with E-state index in [0.717, 1.165) is 17.1 Å². The smallest absolute Gasteiger partial charge is 0.338 e. The Morgan fingerprint density at radius 1 is 1.00 bits per heavy atom. The first-order chi connectivity index (χ1) is 13.6. The van der Waals surface area contributed by atoms with Gasteiger partial charge in [0.25, 0.3) is 0 Å². The van der Waals surface area contributed by atoms with E-state index in [1.165, 1.54) is 0 Å². The van der Waals surface area contributed by atoms with Crippen LogP contribution in [0.3, 0.4) is 0 Å². The number of carbonyl (C=O) groups excluding carboxylic acids is 1. The zero-order chi connectivity index (χ0) is 19.9. The van der Waals surface area contributed by atoms with Gasteiger partial charge in [0.05, 0.1) is 25.0 Å². The van der Waals surface area contributed by atoms with E-state index in [1.807, 2.05) is 31.2 Å². The van der Waals surface area contributed by atoms with E-state index in [9.17, 15) is 4.79 Å². The summed E-state index contributed by atoms with van der Waals surface area (Å²) in [6, 6.07) is 16.4. The highest BCUT2D eigenvalue weighted by Crippen LogP contribution is 2.27. The molecule has 0 amide bonds. The lowest BCUT2D eigenvalue weighted by Crippen LogP contribution is -2.05. The third-order valence-electron chi connectivity index (χ3n) is 3.88. The number of esters is 1. The highest BCUT2D eigenvalue weighted by atomic mass is 16.5. The molecular weight excluding hydrogens is 356 g/mol. The minimum atomic E-state index is -0.338. The summed E-state index contributed by atoms with van der Waals surface area (Å²) in [5, 5.41) is 6.47. The van der Waals surface area contributed by atoms with E-state index in [2.05, 4.69) is 20.6 Å². The molecule has 0 atom stereocenters. The lowest BCUT2D eigenvalue weighted by Gasteiger charge is -2.12. The van der Waals surface area contributed by atoms with Gasteiger partial charge in [0.15, 0.2) is 0 Å². The summed E-state index contributed by atoms with van der Waals surface area (Å²) in [6.45, 7) is 3.95. The summed E-state index contributed by atoms with van der Waals surface area (Å²) in [4.78, 5) is 20.6. The minimum Gasteiger partial charge on any atom is -0.495 e. The molecule has 2 N–H and O–H groups in total. The van der Waals surface area contributed by atoms with Crippen molar-refractivity contribution in [2.24, 2.45) is 0 Å². The number of nitrogens with zero attached hydrogens (tertiary/aromatic N) is 2. The topological polar surface area (TPSA) is 85.4 Å². The van der Waals surface area contributed by atoms with Gasteiger partial charge in [-0.15, -0.1) is 0 Å². The van der Waals surface area contributed by atoms with Crippen LogP contribution >= 0.6 is 0 Å². The Kier molecular flexibility index (Phi) is 6.06. The summed E-state index contributed by atoms with van der Waals surface area (Å²) in [5.41, 5.74) is 2.12. The Hall–Kier alpha value is -3.61. The quantitative estimate of drug-likeness (QED) is 0.587. The fourth-order valence-corrected chi connectivity index (χ4v) is 2.63. The van der Waals surface area contributed by atoms with Crippen molar-refractivity contribution in [1.82, 2.24) is 9.97 Å². The van der Waals surface area contributed by atoms with E-state index in [4.69, 9.17) is 9.47 Å². The van der Waals surface area contributed by atoms with Crippen LogP contribution in [0.25, 0.3) is 0 Å². The van der Waals surface area contributed by atoms with Gasteiger partial charge in [0.2, 0.25) is 0 Å². The molecule has 2 aromatic carbocycles. The molecule has 0 aliphatic heterocycles. The average molecular weight is 378 g/mol. The number of carbonyl (C=O) groups is 1. The van der Waals surface area contributed by atoms with Crippen molar-refractivity contribution >= 4 is 29.0 Å². The SMILES string of the molecule is CCOC(=O)c1ccc(Nc2cc(Nc3ccccc3OC)nc(C)n2)cc1. The number of benzene rings is 2. The van der Waals surface area contributed by atoms with Crippen LogP contribution in [0.5, 0.6) is 5.75 Å². The van der Waals surface area contributed by atoms with Crippen molar-refractivity contribution in [3.8, 4) is 5.75 Å². The number of para-hydroxylation sites is 2. The minimum absolute atomic E-state index is 0.338. The van der Waals surface area contributed by atoms with Crippen LogP contribution in [-0.2, 0) is 4.74 Å². The third-order valence-corrected chi connectivity index (χ3v) is 3.88. The highest BCUT2D eigenvalue weighted by Gasteiger charge is 2.08. The molecular formula is C21H22N4O3. The van der Waals surface area contributed by atoms with Gasteiger partial charge in [0, 0.05) is 11.8 Å². The van der Waals surface area contributed by atoms with Crippen LogP contribution in [0.1, 0.15) is 23.1 Å². The molecule has 0 fully saturated rings. The molecule has 0 aliphatic rings. The van der Waals surface area contributed by atoms with E-state index < -0.39 is 0 Å². The van der Waals surface area contributed by atoms with Gasteiger partial charge < -0.3 is 20.1 Å². The van der Waals surface area contributed by atoms with Gasteiger partial charge in [-0.25, -0.2) is 14.8 Å². The van der Waals surface area contributed by atoms with Crippen LogP contribution in [0, 0.1) is 6.92 Å². The maximum atomic E-state index is 11.7. The Labute approximate surface area is 163 Å². The Morgan fingerprint density at radius 2 is 1.68 bits per heavy atom. The van der Waals surface area contributed by atoms with Crippen molar-refractivity contribution in [2.75, 3.05) is 24.4 Å². The largest absolute Gasteiger partial charge is 0.495 e. The van der Waals surface area contributed by atoms with E-state index >= 15 is 0 Å². The van der Waals surface area contributed by atoms with Crippen molar-refractivity contribution in [1.29, 1.82) is 0 Å². The average Bonchev–Trinajstić information content (AvgIpc) is 2.69. The van der Waals surface area contributed by atoms with Crippen molar-refractivity contribution in [3.05, 3.63) is 66.0 Å². The van der Waals surface area contributed by atoms with Gasteiger partial charge >= 0.3 is 5.97 Å². The van der Waals surface area contributed by atoms with Gasteiger partial charge in [-0.2, -0.15) is 0 Å². The molecule has 0 saturated heterocycles. The number of ether oxygens (including phenoxy) is 2. The predicted octanol–water partition coefficient (Wildman–Crippen LogP) is 4.46. The second-order valence-electron chi connectivity index (χ2n) is 5.93. The van der Waals surface area contributed by atoms with Crippen LogP contribution in [-0.4, -0.2) is 29.7 Å². The van der Waals surface area contributed by atoms with Crippen LogP contribution in [0.2, 0.25) is 0 Å². The first-order valence-corrected chi connectivity index (χ1v) is 8.89. The molecule has 1 heterocycles. The lowest BCUT2D eigenvalue weighted by molar-refractivity contribution is 0.0526. The van der Waals surface area contributed by atoms with Gasteiger partial charge in [-0.3, -0.25) is 0 Å². The maximum absolute atomic E-state index is 11.7. The molecule has 0 spiro atoms. The molecule has 7 nitrogen and oxygen atoms in total. The Balaban J connectivity index is 1.77. The third kappa shape index (κ3) is 4.76. The fraction of sp³-hybridized carbons (Fsp3) is 0.190. The molecule has 28 heavy (non-hydrogen) atoms. The number of aromatic nitrogens is 2. The molecule has 7 heteroatoms. The number of anilines is 4. The molecule has 0 bridgehead atoms. The summed E-state index contributed by atoms with van der Waals surface area (Å²) < 4.78 is 10.4. The number of hydrogen-bond acceptors (Lipinski definition) is 7. The van der Waals surface area contributed by atoms with E-state index in [0.29, 0.717) is 29.6 Å². The maximum Gasteiger partial charge on any atom is 0.338 e. The monoisotopic (exact) mass is 378 g/mol. The zero-order valence-electron chi connectivity index (χ0n) is 16.0. The van der Waals surface area contributed by atoms with Crippen molar-refractivity contribution in [2.45, 2.75) is 13.8 Å². The van der Waals surface area contributed by atoms with Crippen LogP contribution in [0.4, 0.5) is 23.0 Å². The zero-order valence-corrected chi connectivity index (χ0v) is 16.0. The highest BCUT2D eigenvalue weighted by molar-refractivity contribution is 5.89. The fourth-order valence-electron chi connectivity index (χ4n) is 2.63. The molecule has 0 radical (unpaired) electrons. The second kappa shape index (κ2) is 8.85. The molecule has 0 saturated carbocycles. The molecule has 144 valence electrons. The first kappa shape index (κ1) is 19.2. The summed E-state index contributed by atoms with van der Waals surface area (Å²) in [6.07, 6.45) is 0. The number of methoxy groups -OCH3 is 1. The molecule has 1 aromatic heterocycles. The summed E-state index contributed by atoms with van der Waals surface area (Å²) in [7, 11) is 1.62. The number of hydrogen-bond donors (Lipinski definition) is 2. The molecule has 3 rings (SSSR count).